The molecule has 1 saturated carbocycles. The van der Waals surface area contributed by atoms with Gasteiger partial charge >= 0.3 is 6.09 Å². The van der Waals surface area contributed by atoms with Crippen LogP contribution in [0.25, 0.3) is 11.2 Å². The minimum absolute atomic E-state index is 0.0230. The summed E-state index contributed by atoms with van der Waals surface area (Å²) in [6.45, 7) is 0. The van der Waals surface area contributed by atoms with Gasteiger partial charge in [0.25, 0.3) is 0 Å². The summed E-state index contributed by atoms with van der Waals surface area (Å²) in [6, 6.07) is 8.14. The summed E-state index contributed by atoms with van der Waals surface area (Å²) in [7, 11) is -2.72. The molecule has 1 aromatic carbocycles. The van der Waals surface area contributed by atoms with Crippen LogP contribution in [0.3, 0.4) is 0 Å². The molecule has 1 N–H and O–H groups in total. The molecule has 152 valence electrons. The number of aromatic nitrogens is 3. The lowest BCUT2D eigenvalue weighted by molar-refractivity contribution is 0.186. The lowest BCUT2D eigenvalue weighted by Crippen LogP contribution is -2.21. The van der Waals surface area contributed by atoms with E-state index in [2.05, 4.69) is 15.3 Å². The molecule has 1 amide bonds. The van der Waals surface area contributed by atoms with Crippen LogP contribution >= 0.6 is 0 Å². The van der Waals surface area contributed by atoms with Crippen molar-refractivity contribution in [2.24, 2.45) is 0 Å². The first-order valence-corrected chi connectivity index (χ1v) is 11.0. The third-order valence-corrected chi connectivity index (χ3v) is 7.06. The average molecular weight is 414 g/mol. The van der Waals surface area contributed by atoms with E-state index >= 15 is 0 Å². The summed E-state index contributed by atoms with van der Waals surface area (Å²) in [4.78, 5) is 20.9. The predicted octanol–water partition coefficient (Wildman–Crippen LogP) is 3.95. The second-order valence-electron chi connectivity index (χ2n) is 7.00. The van der Waals surface area contributed by atoms with Crippen LogP contribution in [-0.4, -0.2) is 36.2 Å². The number of nitrogens with zero attached hydrogens (tertiary/aromatic N) is 3. The molecule has 3 aromatic rings. The van der Waals surface area contributed by atoms with Gasteiger partial charge in [0.1, 0.15) is 16.2 Å². The topological polar surface area (TPSA) is 103 Å². The number of nitrogens with one attached hydrogen (secondary N) is 1. The highest BCUT2D eigenvalue weighted by Gasteiger charge is 2.34. The molecule has 0 spiro atoms. The molecule has 0 atom stereocenters. The summed E-state index contributed by atoms with van der Waals surface area (Å²) in [5.74, 6) is 0.161. The Morgan fingerprint density at radius 2 is 1.79 bits per heavy atom. The van der Waals surface area contributed by atoms with Crippen LogP contribution in [0.15, 0.2) is 52.5 Å². The van der Waals surface area contributed by atoms with E-state index in [-0.39, 0.29) is 27.2 Å². The number of methoxy groups -OCH3 is 1. The molecule has 1 aliphatic rings. The number of anilines is 1. The van der Waals surface area contributed by atoms with E-state index in [4.69, 9.17) is 4.74 Å². The van der Waals surface area contributed by atoms with Gasteiger partial charge < -0.3 is 9.30 Å². The second kappa shape index (κ2) is 7.82. The van der Waals surface area contributed by atoms with Crippen molar-refractivity contribution in [2.75, 3.05) is 12.4 Å². The number of rotatable bonds is 4. The van der Waals surface area contributed by atoms with Crippen LogP contribution in [0.1, 0.15) is 38.1 Å². The van der Waals surface area contributed by atoms with Crippen LogP contribution < -0.4 is 5.32 Å². The van der Waals surface area contributed by atoms with Crippen LogP contribution in [0.2, 0.25) is 0 Å². The average Bonchev–Trinajstić information content (AvgIpc) is 3.09. The summed E-state index contributed by atoms with van der Waals surface area (Å²) in [5.41, 5.74) is 0.689. The van der Waals surface area contributed by atoms with E-state index in [0.717, 1.165) is 32.1 Å². The van der Waals surface area contributed by atoms with Gasteiger partial charge in [0.2, 0.25) is 9.84 Å². The highest BCUT2D eigenvalue weighted by atomic mass is 32.2. The van der Waals surface area contributed by atoms with Crippen LogP contribution in [0, 0.1) is 0 Å². The Labute approximate surface area is 168 Å². The number of sulfone groups is 1. The first-order valence-electron chi connectivity index (χ1n) is 9.54. The first-order chi connectivity index (χ1) is 14.0. The zero-order chi connectivity index (χ0) is 20.4. The van der Waals surface area contributed by atoms with Gasteiger partial charge in [-0.2, -0.15) is 0 Å². The number of hydrogen-bond acceptors (Lipinski definition) is 6. The fraction of sp³-hybridized carbons (Fsp3) is 0.350. The molecule has 1 fully saturated rings. The molecule has 4 rings (SSSR count). The molecule has 0 radical (unpaired) electrons. The van der Waals surface area contributed by atoms with E-state index in [0.29, 0.717) is 5.65 Å². The molecule has 0 unspecified atom stereocenters. The van der Waals surface area contributed by atoms with Crippen LogP contribution in [-0.2, 0) is 14.6 Å². The molecule has 0 saturated heterocycles. The smallest absolute Gasteiger partial charge is 0.412 e. The third-order valence-electron chi connectivity index (χ3n) is 5.25. The number of hydrogen-bond donors (Lipinski definition) is 1. The Morgan fingerprint density at radius 3 is 2.48 bits per heavy atom. The molecule has 9 heteroatoms. The highest BCUT2D eigenvalue weighted by Crippen LogP contribution is 2.41. The Hall–Kier alpha value is -2.94. The lowest BCUT2D eigenvalue weighted by atomic mass is 9.95. The standard InChI is InChI=1S/C20H22N4O4S/c1-28-20(25)23-19-17(29(26,27)15-10-6-3-7-11-15)16-18(22-13-12-21-16)24(19)14-8-4-2-5-9-14/h3,6-7,10-14H,2,4-5,8-9H2,1H3,(H,23,25). The van der Waals surface area contributed by atoms with Crippen LogP contribution in [0.4, 0.5) is 10.6 Å². The first kappa shape index (κ1) is 19.4. The minimum atomic E-state index is -3.96. The largest absolute Gasteiger partial charge is 0.453 e. The van der Waals surface area contributed by atoms with E-state index in [9.17, 15) is 13.2 Å². The number of amides is 1. The van der Waals surface area contributed by atoms with Crippen molar-refractivity contribution in [3.63, 3.8) is 0 Å². The molecule has 2 aromatic heterocycles. The van der Waals surface area contributed by atoms with Gasteiger partial charge in [-0.3, -0.25) is 5.32 Å². The summed E-state index contributed by atoms with van der Waals surface area (Å²) in [5, 5.41) is 2.63. The maximum atomic E-state index is 13.6. The van der Waals surface area contributed by atoms with Crippen molar-refractivity contribution in [2.45, 2.75) is 47.9 Å². The van der Waals surface area contributed by atoms with Gasteiger partial charge in [-0.05, 0) is 25.0 Å². The number of carbonyl (C=O) groups is 1. The number of carbonyl (C=O) groups excluding carboxylic acids is 1. The number of ether oxygens (including phenoxy) is 1. The van der Waals surface area contributed by atoms with Crippen molar-refractivity contribution in [3.05, 3.63) is 42.7 Å². The van der Waals surface area contributed by atoms with Gasteiger partial charge in [-0.15, -0.1) is 0 Å². The molecular weight excluding hydrogens is 392 g/mol. The molecule has 2 heterocycles. The highest BCUT2D eigenvalue weighted by molar-refractivity contribution is 7.92. The van der Waals surface area contributed by atoms with Gasteiger partial charge in [0, 0.05) is 18.4 Å². The molecule has 0 aliphatic heterocycles. The van der Waals surface area contributed by atoms with E-state index < -0.39 is 15.9 Å². The lowest BCUT2D eigenvalue weighted by Gasteiger charge is -2.25. The maximum Gasteiger partial charge on any atom is 0.412 e. The Morgan fingerprint density at radius 1 is 1.10 bits per heavy atom. The molecule has 8 nitrogen and oxygen atoms in total. The van der Waals surface area contributed by atoms with Crippen molar-refractivity contribution < 1.29 is 17.9 Å². The van der Waals surface area contributed by atoms with E-state index in [1.165, 1.54) is 31.6 Å². The van der Waals surface area contributed by atoms with Crippen molar-refractivity contribution in [3.8, 4) is 0 Å². The third kappa shape index (κ3) is 3.46. The fourth-order valence-electron chi connectivity index (χ4n) is 3.93. The molecule has 1 aliphatic carbocycles. The fourth-order valence-corrected chi connectivity index (χ4v) is 5.48. The van der Waals surface area contributed by atoms with E-state index in [1.54, 1.807) is 18.2 Å². The summed E-state index contributed by atoms with van der Waals surface area (Å²) < 4.78 is 33.7. The van der Waals surface area contributed by atoms with Crippen molar-refractivity contribution >= 4 is 32.9 Å². The second-order valence-corrected chi connectivity index (χ2v) is 8.89. The monoisotopic (exact) mass is 414 g/mol. The molecule has 29 heavy (non-hydrogen) atoms. The maximum absolute atomic E-state index is 13.6. The number of benzene rings is 1. The van der Waals surface area contributed by atoms with Crippen LogP contribution in [0.5, 0.6) is 0 Å². The minimum Gasteiger partial charge on any atom is -0.453 e. The predicted molar refractivity (Wildman–Crippen MR) is 108 cm³/mol. The zero-order valence-corrected chi connectivity index (χ0v) is 16.9. The summed E-state index contributed by atoms with van der Waals surface area (Å²) in [6.07, 6.45) is 7.20. The van der Waals surface area contributed by atoms with Gasteiger partial charge in [-0.1, -0.05) is 37.5 Å². The quantitative estimate of drug-likeness (QED) is 0.693. The van der Waals surface area contributed by atoms with Gasteiger partial charge in [0.15, 0.2) is 5.65 Å². The van der Waals surface area contributed by atoms with Gasteiger partial charge in [0.05, 0.1) is 12.0 Å². The Kier molecular flexibility index (Phi) is 5.23. The summed E-state index contributed by atoms with van der Waals surface area (Å²) >= 11 is 0. The Balaban J connectivity index is 2.02. The van der Waals surface area contributed by atoms with E-state index in [1.807, 2.05) is 4.57 Å². The number of fused-ring (bicyclic) bond motifs is 1. The van der Waals surface area contributed by atoms with Crippen molar-refractivity contribution in [1.29, 1.82) is 0 Å². The van der Waals surface area contributed by atoms with Crippen molar-refractivity contribution in [1.82, 2.24) is 14.5 Å². The Bertz CT molecular complexity index is 1140. The molecular formula is C20H22N4O4S. The SMILES string of the molecule is COC(=O)Nc1c(S(=O)(=O)c2ccccc2)c2nccnc2n1C1CCCCC1. The zero-order valence-electron chi connectivity index (χ0n) is 16.0. The molecule has 0 bridgehead atoms. The van der Waals surface area contributed by atoms with Gasteiger partial charge in [-0.25, -0.2) is 23.2 Å². The normalized spacial score (nSPS) is 15.3.